The van der Waals surface area contributed by atoms with Crippen molar-refractivity contribution in [1.29, 1.82) is 0 Å². The van der Waals surface area contributed by atoms with Gasteiger partial charge in [0.2, 0.25) is 5.95 Å². The lowest BCUT2D eigenvalue weighted by atomic mass is 9.64. The third kappa shape index (κ3) is 9.79. The summed E-state index contributed by atoms with van der Waals surface area (Å²) in [5.41, 5.74) is 3.69. The van der Waals surface area contributed by atoms with E-state index in [0.29, 0.717) is 5.69 Å². The van der Waals surface area contributed by atoms with E-state index in [2.05, 4.69) is 30.4 Å². The van der Waals surface area contributed by atoms with E-state index in [9.17, 15) is 26.7 Å². The average Bonchev–Trinajstić information content (AvgIpc) is 3.03. The Labute approximate surface area is 295 Å². The van der Waals surface area contributed by atoms with Gasteiger partial charge < -0.3 is 10.5 Å². The fourth-order valence-corrected chi connectivity index (χ4v) is 5.80. The van der Waals surface area contributed by atoms with Crippen molar-refractivity contribution in [3.63, 3.8) is 0 Å². The van der Waals surface area contributed by atoms with Crippen molar-refractivity contribution < 1.29 is 31.5 Å². The molecule has 4 aromatic rings. The molecule has 0 radical (unpaired) electrons. The van der Waals surface area contributed by atoms with Gasteiger partial charge in [-0.25, -0.2) is 22.4 Å². The number of ether oxygens (including phenoxy) is 1. The molecule has 2 aliphatic rings. The number of halogens is 7. The molecule has 0 spiro atoms. The Bertz CT molecular complexity index is 1700. The third-order valence-electron chi connectivity index (χ3n) is 7.93. The molecular formula is C33H35Cl2F5N8O2. The molecule has 2 N–H and O–H groups in total. The molecule has 0 aromatic carbocycles. The van der Waals surface area contributed by atoms with Crippen LogP contribution in [0.4, 0.5) is 32.6 Å². The normalized spacial score (nSPS) is 22.4. The molecule has 0 unspecified atom stereocenters. The van der Waals surface area contributed by atoms with Gasteiger partial charge in [0.05, 0.1) is 11.4 Å². The van der Waals surface area contributed by atoms with Crippen LogP contribution in [0.5, 0.6) is 0 Å². The molecule has 6 rings (SSSR count). The van der Waals surface area contributed by atoms with E-state index in [-0.39, 0.29) is 66.4 Å². The number of anilines is 1. The van der Waals surface area contributed by atoms with Crippen LogP contribution in [0, 0.1) is 17.6 Å². The first-order valence-corrected chi connectivity index (χ1v) is 16.2. The van der Waals surface area contributed by atoms with Crippen LogP contribution in [0.2, 0.25) is 10.3 Å². The lowest BCUT2D eigenvalue weighted by Crippen LogP contribution is -2.54. The summed E-state index contributed by atoms with van der Waals surface area (Å²) in [6.07, 6.45) is 0.977. The maximum atomic E-state index is 14.4. The van der Waals surface area contributed by atoms with Gasteiger partial charge in [-0.15, -0.1) is 20.4 Å². The van der Waals surface area contributed by atoms with Crippen LogP contribution in [0.15, 0.2) is 60.9 Å². The summed E-state index contributed by atoms with van der Waals surface area (Å²) in [6, 6.07) is 11.1. The number of amides is 1. The van der Waals surface area contributed by atoms with Gasteiger partial charge in [0.25, 0.3) is 0 Å². The number of pyridine rings is 2. The van der Waals surface area contributed by atoms with Crippen LogP contribution in [-0.4, -0.2) is 67.5 Å². The highest BCUT2D eigenvalue weighted by Crippen LogP contribution is 2.47. The zero-order chi connectivity index (χ0) is 36.7. The Balaban J connectivity index is 0.000000209. The number of aromatic nitrogens is 6. The Morgan fingerprint density at radius 3 is 1.72 bits per heavy atom. The minimum absolute atomic E-state index is 0.0429. The van der Waals surface area contributed by atoms with E-state index < -0.39 is 46.6 Å². The quantitative estimate of drug-likeness (QED) is 0.202. The van der Waals surface area contributed by atoms with Crippen molar-refractivity contribution in [2.75, 3.05) is 18.0 Å². The van der Waals surface area contributed by atoms with Gasteiger partial charge in [-0.05, 0) is 95.0 Å². The monoisotopic (exact) mass is 740 g/mol. The fourth-order valence-electron chi connectivity index (χ4n) is 5.59. The second kappa shape index (κ2) is 16.3. The molecular weight excluding hydrogens is 706 g/mol. The summed E-state index contributed by atoms with van der Waals surface area (Å²) in [4.78, 5) is 22.2. The zero-order valence-corrected chi connectivity index (χ0v) is 28.9. The molecule has 0 aliphatic heterocycles. The first-order chi connectivity index (χ1) is 23.6. The van der Waals surface area contributed by atoms with Gasteiger partial charge in [-0.1, -0.05) is 23.2 Å². The molecule has 4 aromatic heterocycles. The molecule has 268 valence electrons. The minimum Gasteiger partial charge on any atom is -0.443 e. The predicted octanol–water partition coefficient (Wildman–Crippen LogP) is 7.29. The lowest BCUT2D eigenvalue weighted by molar-refractivity contribution is 0.0507. The van der Waals surface area contributed by atoms with Crippen LogP contribution in [0.3, 0.4) is 0 Å². The fraction of sp³-hybridized carbons (Fsp3) is 0.424. The van der Waals surface area contributed by atoms with Crippen molar-refractivity contribution in [1.82, 2.24) is 30.4 Å². The molecule has 50 heavy (non-hydrogen) atoms. The number of hydrogen-bond acceptors (Lipinski definition) is 9. The van der Waals surface area contributed by atoms with Crippen LogP contribution in [-0.2, 0) is 15.6 Å². The van der Waals surface area contributed by atoms with Gasteiger partial charge in [-0.3, -0.25) is 14.9 Å². The molecule has 2 saturated carbocycles. The van der Waals surface area contributed by atoms with Crippen molar-refractivity contribution in [3.05, 3.63) is 100 Å². The van der Waals surface area contributed by atoms with E-state index in [1.165, 1.54) is 59.8 Å². The first-order valence-electron chi connectivity index (χ1n) is 15.4. The van der Waals surface area contributed by atoms with Crippen molar-refractivity contribution in [2.45, 2.75) is 75.2 Å². The molecule has 0 saturated heterocycles. The van der Waals surface area contributed by atoms with Gasteiger partial charge in [0, 0.05) is 36.3 Å². The summed E-state index contributed by atoms with van der Waals surface area (Å²) in [5.74, 6) is -1.36. The minimum atomic E-state index is -1.10. The number of nitrogens with two attached hydrogens (primary N) is 1. The second-order valence-electron chi connectivity index (χ2n) is 12.9. The molecule has 17 heteroatoms. The smallest absolute Gasteiger partial charge is 0.416 e. The largest absolute Gasteiger partial charge is 0.443 e. The Morgan fingerprint density at radius 2 is 1.32 bits per heavy atom. The number of carbonyl (C=O) groups is 1. The maximum Gasteiger partial charge on any atom is 0.416 e. The number of alkyl halides is 2. The first kappa shape index (κ1) is 38.7. The van der Waals surface area contributed by atoms with Crippen LogP contribution >= 0.6 is 23.2 Å². The molecule has 4 heterocycles. The number of hydrogen-bond donors (Lipinski definition) is 1. The van der Waals surface area contributed by atoms with Crippen LogP contribution < -0.4 is 10.6 Å². The van der Waals surface area contributed by atoms with Crippen molar-refractivity contribution in [3.8, 4) is 0 Å². The summed E-state index contributed by atoms with van der Waals surface area (Å²) in [7, 11) is 0. The number of carbonyl (C=O) groups excluding carboxylic acids is 1. The summed E-state index contributed by atoms with van der Waals surface area (Å²) in [6.45, 7) is 5.39. The average molecular weight is 742 g/mol. The highest BCUT2D eigenvalue weighted by atomic mass is 35.5. The standard InChI is InChI=1S/C19H21ClF2N4O2.C10H12F2N2.C4H2ClFN2/c1-18(2,3)28-17(27)26(15-7-6-14(20)24-25-15)11-19(9-12(21)10-19)16-13(22)5-4-8-23-16;11-7-4-10(5-7,6-13)9-8(12)2-1-3-14-9;5-3-1-2-4(6)8-7-3/h4-8,12H,9-11H2,1-3H3;1-3,7H,4-6,13H2;1-2H. The molecule has 1 amide bonds. The van der Waals surface area contributed by atoms with E-state index >= 15 is 0 Å². The Hall–Kier alpha value is -4.08. The molecule has 2 aliphatic carbocycles. The summed E-state index contributed by atoms with van der Waals surface area (Å²) in [5, 5.41) is 14.3. The van der Waals surface area contributed by atoms with Gasteiger partial charge in [0.1, 0.15) is 29.6 Å². The second-order valence-corrected chi connectivity index (χ2v) is 13.7. The van der Waals surface area contributed by atoms with E-state index in [1.807, 2.05) is 0 Å². The summed E-state index contributed by atoms with van der Waals surface area (Å²) < 4.78 is 71.8. The van der Waals surface area contributed by atoms with Crippen LogP contribution in [0.25, 0.3) is 0 Å². The molecule has 10 nitrogen and oxygen atoms in total. The topological polar surface area (TPSA) is 133 Å². The highest BCUT2D eigenvalue weighted by Gasteiger charge is 2.51. The van der Waals surface area contributed by atoms with Crippen LogP contribution in [0.1, 0.15) is 57.8 Å². The van der Waals surface area contributed by atoms with E-state index in [0.717, 1.165) is 6.07 Å². The maximum absolute atomic E-state index is 14.4. The van der Waals surface area contributed by atoms with Gasteiger partial charge >= 0.3 is 6.09 Å². The van der Waals surface area contributed by atoms with E-state index in [1.54, 1.807) is 20.8 Å². The Kier molecular flexibility index (Phi) is 12.6. The van der Waals surface area contributed by atoms with Gasteiger partial charge in [0.15, 0.2) is 16.1 Å². The lowest BCUT2D eigenvalue weighted by Gasteiger charge is -2.46. The zero-order valence-electron chi connectivity index (χ0n) is 27.3. The summed E-state index contributed by atoms with van der Waals surface area (Å²) >= 11 is 11.1. The number of nitrogens with zero attached hydrogens (tertiary/aromatic N) is 7. The van der Waals surface area contributed by atoms with E-state index in [4.69, 9.17) is 33.7 Å². The van der Waals surface area contributed by atoms with Crippen molar-refractivity contribution in [2.24, 2.45) is 5.73 Å². The Morgan fingerprint density at radius 1 is 0.820 bits per heavy atom. The SMILES string of the molecule is CC(C)(C)OC(=O)N(CC1(c2ncccc2F)CC(F)C1)c1ccc(Cl)nn1.Fc1ccc(Cl)nn1.NCC1(c2ncccc2F)CC(F)C1. The predicted molar refractivity (Wildman–Crippen MR) is 177 cm³/mol. The number of rotatable bonds is 6. The molecule has 0 bridgehead atoms. The third-order valence-corrected chi connectivity index (χ3v) is 8.33. The molecule has 0 atom stereocenters. The van der Waals surface area contributed by atoms with Gasteiger partial charge in [-0.2, -0.15) is 4.39 Å². The van der Waals surface area contributed by atoms with Crippen molar-refractivity contribution >= 4 is 35.1 Å². The molecule has 2 fully saturated rings. The highest BCUT2D eigenvalue weighted by molar-refractivity contribution is 6.29.